The summed E-state index contributed by atoms with van der Waals surface area (Å²) in [5.74, 6) is 0.696. The molecule has 0 radical (unpaired) electrons. The number of amides is 1. The van der Waals surface area contributed by atoms with Crippen LogP contribution in [0.3, 0.4) is 0 Å². The number of carbonyl (C=O) groups excluding carboxylic acids is 1. The van der Waals surface area contributed by atoms with E-state index in [9.17, 15) is 4.79 Å². The van der Waals surface area contributed by atoms with Crippen LogP contribution in [0.15, 0.2) is 16.7 Å². The van der Waals surface area contributed by atoms with Crippen LogP contribution in [-0.2, 0) is 11.2 Å². The zero-order chi connectivity index (χ0) is 21.4. The summed E-state index contributed by atoms with van der Waals surface area (Å²) in [6.07, 6.45) is 6.72. The summed E-state index contributed by atoms with van der Waals surface area (Å²) in [4.78, 5) is 17.1. The van der Waals surface area contributed by atoms with E-state index in [1.165, 1.54) is 37.1 Å². The second-order valence-corrected chi connectivity index (χ2v) is 9.88. The number of nitrogens with zero attached hydrogens (tertiary/aromatic N) is 5. The minimum Gasteiger partial charge on any atom is -0.356 e. The Morgan fingerprint density at radius 3 is 2.65 bits per heavy atom. The smallest absolute Gasteiger partial charge is 0.228 e. The largest absolute Gasteiger partial charge is 0.356 e. The molecule has 1 amide bonds. The lowest BCUT2D eigenvalue weighted by atomic mass is 9.90. The fourth-order valence-corrected chi connectivity index (χ4v) is 5.90. The molecule has 5 rings (SSSR count). The first-order chi connectivity index (χ1) is 15.1. The number of aromatic nitrogens is 3. The second kappa shape index (κ2) is 8.57. The molecule has 1 aliphatic heterocycles. The number of anilines is 1. The number of hydrogen-bond donors (Lipinski definition) is 0. The average Bonchev–Trinajstić information content (AvgIpc) is 3.43. The van der Waals surface area contributed by atoms with Gasteiger partial charge in [-0.05, 0) is 43.9 Å². The monoisotopic (exact) mass is 439 g/mol. The lowest BCUT2D eigenvalue weighted by molar-refractivity contribution is -0.130. The summed E-state index contributed by atoms with van der Waals surface area (Å²) in [6.45, 7) is 7.05. The molecule has 0 unspecified atom stereocenters. The molecule has 1 saturated carbocycles. The number of fused-ring (bicyclic) bond motifs is 1. The van der Waals surface area contributed by atoms with E-state index >= 15 is 0 Å². The van der Waals surface area contributed by atoms with Gasteiger partial charge in [0, 0.05) is 37.5 Å². The van der Waals surface area contributed by atoms with Crippen molar-refractivity contribution >= 4 is 33.3 Å². The third kappa shape index (κ3) is 4.18. The van der Waals surface area contributed by atoms with E-state index in [0.29, 0.717) is 19.0 Å². The van der Waals surface area contributed by atoms with Gasteiger partial charge in [0.05, 0.1) is 6.42 Å². The number of benzene rings is 1. The summed E-state index contributed by atoms with van der Waals surface area (Å²) in [6, 6.07) is 4.13. The second-order valence-electron chi connectivity index (χ2n) is 8.89. The third-order valence-electron chi connectivity index (χ3n) is 6.58. The molecule has 8 heteroatoms. The first-order valence-electron chi connectivity index (χ1n) is 11.3. The molecule has 2 aromatic heterocycles. The van der Waals surface area contributed by atoms with E-state index in [1.807, 2.05) is 11.8 Å². The molecule has 3 aromatic rings. The van der Waals surface area contributed by atoms with Gasteiger partial charge in [-0.3, -0.25) is 4.79 Å². The first-order valence-corrected chi connectivity index (χ1v) is 12.1. The Bertz CT molecular complexity index is 1080. The minimum absolute atomic E-state index is 0.106. The zero-order valence-electron chi connectivity index (χ0n) is 18.3. The molecule has 0 bridgehead atoms. The van der Waals surface area contributed by atoms with Gasteiger partial charge in [0.25, 0.3) is 0 Å². The molecule has 2 aliphatic rings. The SMILES string of the molecule is Cc1cc(C)c2onc(CC(=O)N3CCN(c4nnc(C5CCCCC5)s4)CC3)c2c1. The fraction of sp³-hybridized carbons (Fsp3) is 0.565. The number of hydrogen-bond acceptors (Lipinski definition) is 7. The van der Waals surface area contributed by atoms with Crippen molar-refractivity contribution in [2.75, 3.05) is 31.1 Å². The highest BCUT2D eigenvalue weighted by Gasteiger charge is 2.26. The summed E-state index contributed by atoms with van der Waals surface area (Å²) in [5, 5.41) is 16.3. The van der Waals surface area contributed by atoms with Crippen LogP contribution >= 0.6 is 11.3 Å². The molecule has 1 aromatic carbocycles. The number of piperazine rings is 1. The molecule has 3 heterocycles. The lowest BCUT2D eigenvalue weighted by Crippen LogP contribution is -2.49. The predicted molar refractivity (Wildman–Crippen MR) is 122 cm³/mol. The molecule has 0 atom stereocenters. The molecule has 2 fully saturated rings. The van der Waals surface area contributed by atoms with Crippen LogP contribution in [0.1, 0.15) is 59.9 Å². The van der Waals surface area contributed by atoms with Crippen molar-refractivity contribution in [2.24, 2.45) is 0 Å². The van der Waals surface area contributed by atoms with Gasteiger partial charge < -0.3 is 14.3 Å². The maximum atomic E-state index is 12.9. The van der Waals surface area contributed by atoms with E-state index < -0.39 is 0 Å². The van der Waals surface area contributed by atoms with Crippen molar-refractivity contribution in [3.63, 3.8) is 0 Å². The van der Waals surface area contributed by atoms with Crippen LogP contribution in [0, 0.1) is 13.8 Å². The number of rotatable bonds is 4. The Kier molecular flexibility index (Phi) is 5.65. The summed E-state index contributed by atoms with van der Waals surface area (Å²) in [5.41, 5.74) is 3.72. The van der Waals surface area contributed by atoms with E-state index in [0.717, 1.165) is 46.0 Å². The number of carbonyl (C=O) groups is 1. The Labute approximate surface area is 186 Å². The topological polar surface area (TPSA) is 75.4 Å². The van der Waals surface area contributed by atoms with E-state index in [2.05, 4.69) is 39.3 Å². The van der Waals surface area contributed by atoms with Crippen LogP contribution in [0.2, 0.25) is 0 Å². The Balaban J connectivity index is 1.20. The van der Waals surface area contributed by atoms with Crippen molar-refractivity contribution in [2.45, 2.75) is 58.3 Å². The van der Waals surface area contributed by atoms with Gasteiger partial charge in [0.2, 0.25) is 11.0 Å². The zero-order valence-corrected chi connectivity index (χ0v) is 19.1. The first kappa shape index (κ1) is 20.4. The van der Waals surface area contributed by atoms with Crippen molar-refractivity contribution in [3.05, 3.63) is 34.0 Å². The van der Waals surface area contributed by atoms with Crippen molar-refractivity contribution in [3.8, 4) is 0 Å². The summed E-state index contributed by atoms with van der Waals surface area (Å²) >= 11 is 1.74. The van der Waals surface area contributed by atoms with Crippen LogP contribution in [-0.4, -0.2) is 52.3 Å². The molecule has 1 aliphatic carbocycles. The Morgan fingerprint density at radius 2 is 1.87 bits per heavy atom. The molecule has 164 valence electrons. The fourth-order valence-electron chi connectivity index (χ4n) is 4.84. The number of aryl methyl sites for hydroxylation is 2. The lowest BCUT2D eigenvalue weighted by Gasteiger charge is -2.34. The van der Waals surface area contributed by atoms with E-state index in [4.69, 9.17) is 4.52 Å². The normalized spacial score (nSPS) is 18.1. The molecule has 0 spiro atoms. The van der Waals surface area contributed by atoms with Crippen molar-refractivity contribution < 1.29 is 9.32 Å². The maximum absolute atomic E-state index is 12.9. The summed E-state index contributed by atoms with van der Waals surface area (Å²) < 4.78 is 5.51. The van der Waals surface area contributed by atoms with Gasteiger partial charge in [-0.2, -0.15) is 0 Å². The standard InChI is InChI=1S/C23H29N5O2S/c1-15-12-16(2)21-18(13-15)19(26-30-21)14-20(29)27-8-10-28(11-9-27)23-25-24-22(31-23)17-6-4-3-5-7-17/h12-13,17H,3-11,14H2,1-2H3. The third-order valence-corrected chi connectivity index (χ3v) is 7.73. The summed E-state index contributed by atoms with van der Waals surface area (Å²) in [7, 11) is 0. The molecule has 1 saturated heterocycles. The molecular weight excluding hydrogens is 410 g/mol. The maximum Gasteiger partial charge on any atom is 0.228 e. The Hall–Kier alpha value is -2.48. The molecule has 7 nitrogen and oxygen atoms in total. The van der Waals surface area contributed by atoms with Gasteiger partial charge >= 0.3 is 0 Å². The molecule has 31 heavy (non-hydrogen) atoms. The minimum atomic E-state index is 0.106. The van der Waals surface area contributed by atoms with Gasteiger partial charge in [-0.1, -0.05) is 41.8 Å². The van der Waals surface area contributed by atoms with Crippen molar-refractivity contribution in [1.29, 1.82) is 0 Å². The van der Waals surface area contributed by atoms with Crippen molar-refractivity contribution in [1.82, 2.24) is 20.3 Å². The van der Waals surface area contributed by atoms with Crippen LogP contribution in [0.25, 0.3) is 11.0 Å². The Morgan fingerprint density at radius 1 is 1.10 bits per heavy atom. The van der Waals surface area contributed by atoms with Gasteiger partial charge in [0.1, 0.15) is 10.7 Å². The van der Waals surface area contributed by atoms with Crippen LogP contribution in [0.4, 0.5) is 5.13 Å². The predicted octanol–water partition coefficient (Wildman–Crippen LogP) is 4.24. The van der Waals surface area contributed by atoms with Gasteiger partial charge in [-0.25, -0.2) is 0 Å². The highest BCUT2D eigenvalue weighted by molar-refractivity contribution is 7.15. The van der Waals surface area contributed by atoms with Crippen LogP contribution < -0.4 is 4.90 Å². The average molecular weight is 440 g/mol. The highest BCUT2D eigenvalue weighted by atomic mass is 32.1. The van der Waals surface area contributed by atoms with Crippen LogP contribution in [0.5, 0.6) is 0 Å². The van der Waals surface area contributed by atoms with Gasteiger partial charge in [0.15, 0.2) is 5.58 Å². The molecular formula is C23H29N5O2S. The van der Waals surface area contributed by atoms with Gasteiger partial charge in [-0.15, -0.1) is 10.2 Å². The van der Waals surface area contributed by atoms with E-state index in [1.54, 1.807) is 11.3 Å². The highest BCUT2D eigenvalue weighted by Crippen LogP contribution is 2.36. The quantitative estimate of drug-likeness (QED) is 0.605. The molecule has 0 N–H and O–H groups in total. The van der Waals surface area contributed by atoms with E-state index in [-0.39, 0.29) is 12.3 Å².